The van der Waals surface area contributed by atoms with Crippen LogP contribution < -0.4 is 0 Å². The molecule has 0 saturated carbocycles. The van der Waals surface area contributed by atoms with Gasteiger partial charge in [-0.2, -0.15) is 0 Å². The molecule has 0 unspecified atom stereocenters. The Balaban J connectivity index is 4.08. The third-order valence-electron chi connectivity index (χ3n) is 1.39. The lowest BCUT2D eigenvalue weighted by molar-refractivity contribution is -0.118. The molecule has 0 aliphatic rings. The summed E-state index contributed by atoms with van der Waals surface area (Å²) in [7, 11) is 5.69. The molecule has 0 bridgehead atoms. The number of aldehydes is 1. The van der Waals surface area contributed by atoms with Gasteiger partial charge in [-0.1, -0.05) is 13.8 Å². The van der Waals surface area contributed by atoms with E-state index in [2.05, 4.69) is 21.0 Å². The largest absolute Gasteiger partial charge is 0.412 e. The molecule has 0 spiro atoms. The monoisotopic (exact) mass is 186 g/mol. The van der Waals surface area contributed by atoms with Crippen LogP contribution in [-0.2, 0) is 13.6 Å². The van der Waals surface area contributed by atoms with Crippen molar-refractivity contribution in [3.63, 3.8) is 0 Å². The summed E-state index contributed by atoms with van der Waals surface area (Å²) in [6, 6.07) is 0. The highest BCUT2D eigenvalue weighted by atomic mass is 28.2. The molecule has 5 heteroatoms. The third kappa shape index (κ3) is 3.28. The first-order valence-electron chi connectivity index (χ1n) is 3.27. The maximum atomic E-state index is 10.4. The van der Waals surface area contributed by atoms with E-state index in [9.17, 15) is 4.79 Å². The molecule has 0 rings (SSSR count). The van der Waals surface area contributed by atoms with E-state index >= 15 is 0 Å². The van der Waals surface area contributed by atoms with Crippen LogP contribution in [0.3, 0.4) is 0 Å². The summed E-state index contributed by atoms with van der Waals surface area (Å²) < 4.78 is 9.57. The van der Waals surface area contributed by atoms with Crippen molar-refractivity contribution in [2.24, 2.45) is 5.92 Å². The zero-order valence-corrected chi connectivity index (χ0v) is 8.53. The Kier molecular flexibility index (Phi) is 5.66. The van der Waals surface area contributed by atoms with E-state index in [4.69, 9.17) is 8.85 Å². The molecule has 0 amide bonds. The van der Waals surface area contributed by atoms with Gasteiger partial charge in [0, 0.05) is 0 Å². The van der Waals surface area contributed by atoms with Crippen molar-refractivity contribution < 1.29 is 13.6 Å². The molecule has 2 atom stereocenters. The van der Waals surface area contributed by atoms with Crippen LogP contribution >= 0.6 is 0 Å². The van der Waals surface area contributed by atoms with Gasteiger partial charge in [0.2, 0.25) is 21.0 Å². The first-order valence-corrected chi connectivity index (χ1v) is 4.09. The first kappa shape index (κ1) is 11.0. The second kappa shape index (κ2) is 5.65. The zero-order chi connectivity index (χ0) is 8.85. The lowest BCUT2D eigenvalue weighted by atomic mass is 10.0. The molecule has 0 aliphatic heterocycles. The molecule has 0 aromatic rings. The van der Waals surface area contributed by atoms with Gasteiger partial charge in [0.1, 0.15) is 12.4 Å². The van der Waals surface area contributed by atoms with Crippen molar-refractivity contribution >= 4 is 27.3 Å². The summed E-state index contributed by atoms with van der Waals surface area (Å²) in [5.74, 6) is 0.207. The highest BCUT2D eigenvalue weighted by molar-refractivity contribution is 5.99. The molecule has 3 nitrogen and oxygen atoms in total. The predicted octanol–water partition coefficient (Wildman–Crippen LogP) is -0.221. The van der Waals surface area contributed by atoms with Crippen LogP contribution in [0.25, 0.3) is 0 Å². The van der Waals surface area contributed by atoms with Crippen LogP contribution in [0.5, 0.6) is 0 Å². The van der Waals surface area contributed by atoms with E-state index in [0.29, 0.717) is 6.29 Å². The molecule has 0 saturated heterocycles. The predicted molar refractivity (Wildman–Crippen MR) is 42.2 cm³/mol. The Labute approximate surface area is 73.5 Å². The van der Waals surface area contributed by atoms with E-state index in [1.807, 2.05) is 13.8 Å². The van der Waals surface area contributed by atoms with Gasteiger partial charge < -0.3 is 13.6 Å². The molecule has 0 fully saturated rings. The summed E-state index contributed by atoms with van der Waals surface area (Å²) in [4.78, 5) is 10.4. The van der Waals surface area contributed by atoms with E-state index in [1.165, 1.54) is 0 Å². The van der Waals surface area contributed by atoms with Gasteiger partial charge >= 0.3 is 0 Å². The van der Waals surface area contributed by atoms with Crippen molar-refractivity contribution in [1.29, 1.82) is 0 Å². The Morgan fingerprint density at radius 3 is 1.91 bits per heavy atom. The van der Waals surface area contributed by atoms with Gasteiger partial charge in [-0.3, -0.25) is 0 Å². The highest BCUT2D eigenvalue weighted by Crippen LogP contribution is 2.10. The van der Waals surface area contributed by atoms with Crippen LogP contribution in [0.2, 0.25) is 0 Å². The molecule has 0 aromatic heterocycles. The minimum Gasteiger partial charge on any atom is -0.412 e. The highest BCUT2D eigenvalue weighted by Gasteiger charge is 2.22. The van der Waals surface area contributed by atoms with Gasteiger partial charge in [0.25, 0.3) is 0 Å². The lowest BCUT2D eigenvalue weighted by Gasteiger charge is -2.23. The van der Waals surface area contributed by atoms with Crippen LogP contribution in [-0.4, -0.2) is 39.5 Å². The van der Waals surface area contributed by atoms with Crippen molar-refractivity contribution in [3.8, 4) is 0 Å². The van der Waals surface area contributed by atoms with Crippen LogP contribution in [0.1, 0.15) is 13.8 Å². The number of hydrogen-bond donors (Lipinski definition) is 0. The molecule has 6 radical (unpaired) electrons. The first-order chi connectivity index (χ1) is 5.17. The average molecular weight is 186 g/mol. The molecule has 0 N–H and O–H groups in total. The van der Waals surface area contributed by atoms with Crippen LogP contribution in [0.15, 0.2) is 0 Å². The maximum Gasteiger partial charge on any atom is 0.247 e. The Morgan fingerprint density at radius 1 is 1.27 bits per heavy atom. The number of hydrogen-bond acceptors (Lipinski definition) is 3. The third-order valence-corrected chi connectivity index (χ3v) is 1.93. The van der Waals surface area contributed by atoms with Crippen LogP contribution in [0, 0.1) is 5.92 Å². The van der Waals surface area contributed by atoms with E-state index in [0.717, 1.165) is 0 Å². The minimum absolute atomic E-state index is 0.207. The summed E-state index contributed by atoms with van der Waals surface area (Å²) in [5.41, 5.74) is 0. The average Bonchev–Trinajstić information content (AvgIpc) is 1.99. The topological polar surface area (TPSA) is 35.5 Å². The quantitative estimate of drug-likeness (QED) is 0.440. The molecule has 0 aliphatic carbocycles. The van der Waals surface area contributed by atoms with Gasteiger partial charge in [0.05, 0.1) is 6.10 Å². The van der Waals surface area contributed by atoms with Crippen molar-refractivity contribution in [1.82, 2.24) is 0 Å². The fourth-order valence-corrected chi connectivity index (χ4v) is 1.35. The fourth-order valence-electron chi connectivity index (χ4n) is 0.755. The lowest BCUT2D eigenvalue weighted by Crippen LogP contribution is -2.36. The van der Waals surface area contributed by atoms with Gasteiger partial charge in [0.15, 0.2) is 0 Å². The van der Waals surface area contributed by atoms with E-state index in [-0.39, 0.29) is 12.0 Å². The molecular formula is C6H10O3Si2. The Hall–Kier alpha value is 0.0238. The van der Waals surface area contributed by atoms with Gasteiger partial charge in [-0.05, 0) is 5.92 Å². The fraction of sp³-hybridized carbons (Fsp3) is 0.833. The number of carbonyl (C=O) groups is 1. The summed E-state index contributed by atoms with van der Waals surface area (Å²) in [6.07, 6.45) is -0.163. The summed E-state index contributed by atoms with van der Waals surface area (Å²) in [6.45, 7) is 3.87. The van der Waals surface area contributed by atoms with Gasteiger partial charge in [-0.25, -0.2) is 0 Å². The summed E-state index contributed by atoms with van der Waals surface area (Å²) >= 11 is 0. The van der Waals surface area contributed by atoms with Crippen molar-refractivity contribution in [2.75, 3.05) is 0 Å². The Morgan fingerprint density at radius 2 is 1.82 bits per heavy atom. The molecule has 60 valence electrons. The molecular weight excluding hydrogens is 176 g/mol. The Bertz CT molecular complexity index is 118. The molecule has 0 aromatic carbocycles. The van der Waals surface area contributed by atoms with Crippen molar-refractivity contribution in [3.05, 3.63) is 0 Å². The molecule has 11 heavy (non-hydrogen) atoms. The van der Waals surface area contributed by atoms with Crippen LogP contribution in [0.4, 0.5) is 0 Å². The smallest absolute Gasteiger partial charge is 0.247 e. The second-order valence-corrected chi connectivity index (χ2v) is 3.02. The number of rotatable bonds is 5. The van der Waals surface area contributed by atoms with Crippen molar-refractivity contribution in [2.45, 2.75) is 26.1 Å². The maximum absolute atomic E-state index is 10.4. The minimum atomic E-state index is -0.579. The van der Waals surface area contributed by atoms with E-state index in [1.54, 1.807) is 0 Å². The zero-order valence-electron chi connectivity index (χ0n) is 6.53. The standard InChI is InChI=1S/C6H10O3Si2/c1-4(2)6(9-11)5(3-7)8-10/h3-6H,1-2H3/t5-,6+/m0/s1. The summed E-state index contributed by atoms with van der Waals surface area (Å²) in [5, 5.41) is 0. The normalized spacial score (nSPS) is 16.5. The SMILES string of the molecule is CC(C)[C@@H](O[Si])[C@H](C=O)O[Si]. The second-order valence-electron chi connectivity index (χ2n) is 2.55. The van der Waals surface area contributed by atoms with Gasteiger partial charge in [-0.15, -0.1) is 0 Å². The number of carbonyl (C=O) groups excluding carboxylic acids is 1. The van der Waals surface area contributed by atoms with E-state index < -0.39 is 6.10 Å². The molecule has 0 heterocycles.